The normalized spacial score (nSPS) is 25.0. The Hall–Kier alpha value is -0.0303. The molecule has 1 saturated heterocycles. The van der Waals surface area contributed by atoms with E-state index in [0.717, 1.165) is 4.57 Å². The second kappa shape index (κ2) is 7.69. The van der Waals surface area contributed by atoms with Crippen molar-refractivity contribution in [2.24, 2.45) is 0 Å². The fraction of sp³-hybridized carbons (Fsp3) is 0.600. The average Bonchev–Trinajstić information content (AvgIpc) is 2.72. The Kier molecular flexibility index (Phi) is 7.00. The van der Waals surface area contributed by atoms with Crippen molar-refractivity contribution in [3.8, 4) is 0 Å². The van der Waals surface area contributed by atoms with Crippen LogP contribution >= 0.6 is 7.82 Å². The van der Waals surface area contributed by atoms with Gasteiger partial charge in [0, 0.05) is 55.9 Å². The van der Waals surface area contributed by atoms with Crippen molar-refractivity contribution in [1.29, 1.82) is 0 Å². The molecule has 1 aliphatic rings. The average molecular weight is 362 g/mol. The first-order valence-electron chi connectivity index (χ1n) is 6.03. The van der Waals surface area contributed by atoms with Crippen LogP contribution in [0.3, 0.4) is 0 Å². The van der Waals surface area contributed by atoms with Crippen LogP contribution in [-0.2, 0) is 13.8 Å². The van der Waals surface area contributed by atoms with Gasteiger partial charge in [0.05, 0.1) is 12.7 Å². The molecule has 2 rings (SSSR count). The van der Waals surface area contributed by atoms with Crippen molar-refractivity contribution in [2.75, 3.05) is 6.61 Å². The van der Waals surface area contributed by atoms with E-state index in [1.54, 1.807) is 0 Å². The van der Waals surface area contributed by atoms with Crippen LogP contribution in [0.4, 0.5) is 0 Å². The maximum atomic E-state index is 11.7. The number of phosphoric acid groups is 1. The van der Waals surface area contributed by atoms with Crippen molar-refractivity contribution < 1.29 is 28.7 Å². The number of hydrogen-bond acceptors (Lipinski definition) is 6. The summed E-state index contributed by atoms with van der Waals surface area (Å²) in [5.74, 6) is 0. The third kappa shape index (κ3) is 4.98. The number of aliphatic hydroxyl groups is 1. The molecule has 0 aromatic carbocycles. The summed E-state index contributed by atoms with van der Waals surface area (Å²) < 4.78 is 21.4. The Labute approximate surface area is 154 Å². The van der Waals surface area contributed by atoms with Crippen molar-refractivity contribution in [3.05, 3.63) is 32.6 Å². The van der Waals surface area contributed by atoms with E-state index in [4.69, 9.17) is 14.5 Å². The minimum atomic E-state index is -4.67. The van der Waals surface area contributed by atoms with Crippen LogP contribution in [0, 0.1) is 6.92 Å². The number of nitrogens with zero attached hydrogens (tertiary/aromatic N) is 1. The molecule has 4 N–H and O–H groups in total. The Morgan fingerprint density at radius 1 is 1.50 bits per heavy atom. The van der Waals surface area contributed by atoms with Crippen LogP contribution in [-0.4, -0.2) is 81.0 Å². The van der Waals surface area contributed by atoms with E-state index in [1.165, 1.54) is 13.1 Å². The van der Waals surface area contributed by atoms with Gasteiger partial charge in [-0.2, -0.15) is 0 Å². The molecule has 0 bridgehead atoms. The summed E-state index contributed by atoms with van der Waals surface area (Å²) in [6.07, 6.45) is -1.57. The number of aromatic amines is 1. The minimum Gasteiger partial charge on any atom is -0.390 e. The van der Waals surface area contributed by atoms with Gasteiger partial charge in [0.25, 0.3) is 5.56 Å². The second-order valence-corrected chi connectivity index (χ2v) is 5.94. The van der Waals surface area contributed by atoms with Gasteiger partial charge in [-0.1, -0.05) is 0 Å². The minimum absolute atomic E-state index is 0. The number of phosphoric ester groups is 1. The third-order valence-electron chi connectivity index (χ3n) is 3.07. The van der Waals surface area contributed by atoms with E-state index in [2.05, 4.69) is 9.51 Å². The molecule has 1 aliphatic heterocycles. The first-order chi connectivity index (χ1) is 9.67. The van der Waals surface area contributed by atoms with Gasteiger partial charge in [0.15, 0.2) is 0 Å². The van der Waals surface area contributed by atoms with Gasteiger partial charge in [-0.15, -0.1) is 0 Å². The quantitative estimate of drug-likeness (QED) is 0.363. The summed E-state index contributed by atoms with van der Waals surface area (Å²) in [6, 6.07) is 0. The number of hydrogen-bond donors (Lipinski definition) is 4. The number of aryl methyl sites for hydroxylation is 1. The van der Waals surface area contributed by atoms with E-state index in [0.29, 0.717) is 5.56 Å². The second-order valence-electron chi connectivity index (χ2n) is 4.70. The Morgan fingerprint density at radius 3 is 2.73 bits per heavy atom. The summed E-state index contributed by atoms with van der Waals surface area (Å²) in [5.41, 5.74) is -0.918. The molecule has 0 unspecified atom stereocenters. The number of H-pyrrole nitrogens is 1. The summed E-state index contributed by atoms with van der Waals surface area (Å²) >= 11 is 0. The Balaban J connectivity index is 0.00000242. The van der Waals surface area contributed by atoms with Gasteiger partial charge in [0.2, 0.25) is 0 Å². The van der Waals surface area contributed by atoms with E-state index in [-0.39, 0.29) is 44.2 Å². The molecule has 1 aromatic rings. The zero-order chi connectivity index (χ0) is 15.8. The summed E-state index contributed by atoms with van der Waals surface area (Å²) in [7, 11) is -4.67. The number of nitrogens with one attached hydrogen (secondary N) is 1. The van der Waals surface area contributed by atoms with Crippen LogP contribution in [0.15, 0.2) is 15.8 Å². The molecule has 1 fully saturated rings. The zero-order valence-corrected chi connectivity index (χ0v) is 14.8. The number of aromatic nitrogens is 2. The van der Waals surface area contributed by atoms with Crippen LogP contribution in [0.1, 0.15) is 18.2 Å². The molecule has 120 valence electrons. The van der Waals surface area contributed by atoms with Crippen LogP contribution in [0.2, 0.25) is 0 Å². The topological polar surface area (TPSA) is 151 Å². The maximum absolute atomic E-state index is 11.7. The molecule has 2 heterocycles. The van der Waals surface area contributed by atoms with Crippen molar-refractivity contribution in [3.63, 3.8) is 0 Å². The van der Waals surface area contributed by atoms with Gasteiger partial charge >= 0.3 is 13.5 Å². The van der Waals surface area contributed by atoms with Gasteiger partial charge in [-0.05, 0) is 6.92 Å². The molecule has 0 amide bonds. The van der Waals surface area contributed by atoms with Crippen LogP contribution in [0.25, 0.3) is 0 Å². The van der Waals surface area contributed by atoms with Gasteiger partial charge in [-0.25, -0.2) is 9.36 Å². The van der Waals surface area contributed by atoms with Crippen LogP contribution < -0.4 is 11.2 Å². The third-order valence-corrected chi connectivity index (χ3v) is 3.55. The Morgan fingerprint density at radius 2 is 2.14 bits per heavy atom. The molecular weight excluding hydrogens is 347 g/mol. The summed E-state index contributed by atoms with van der Waals surface area (Å²) in [6.45, 7) is 0.994. The fourth-order valence-corrected chi connectivity index (χ4v) is 2.35. The summed E-state index contributed by atoms with van der Waals surface area (Å²) in [4.78, 5) is 42.3. The van der Waals surface area contributed by atoms with Crippen molar-refractivity contribution in [2.45, 2.75) is 31.8 Å². The maximum Gasteiger partial charge on any atom is 0.469 e. The van der Waals surface area contributed by atoms with Gasteiger partial charge in [-0.3, -0.25) is 18.9 Å². The van der Waals surface area contributed by atoms with Crippen molar-refractivity contribution >= 4 is 45.6 Å². The Bertz CT molecular complexity index is 682. The molecular formula is C10H15CaN2O8P. The molecule has 22 heavy (non-hydrogen) atoms. The molecule has 3 atom stereocenters. The SMILES string of the molecule is Cc1cn([C@H]2C[C@H](O)[C@@H](COP(=O)(O)O)O2)c(=O)[nH]c1=O.[Ca]. The van der Waals surface area contributed by atoms with Crippen molar-refractivity contribution in [1.82, 2.24) is 9.55 Å². The van der Waals surface area contributed by atoms with Gasteiger partial charge < -0.3 is 19.6 Å². The predicted molar refractivity (Wildman–Crippen MR) is 74.3 cm³/mol. The molecule has 0 spiro atoms. The number of ether oxygens (including phenoxy) is 1. The standard InChI is InChI=1S/C10H15N2O8P.Ca/c1-5-3-12(10(15)11-9(5)14)8-2-6(13)7(20-8)4-19-21(16,17)18;/h3,6-8,13H,2,4H2,1H3,(H,11,14,15)(H2,16,17,18);/t6-,7+,8+;/m0./s1. The van der Waals surface area contributed by atoms with E-state index in [1.807, 2.05) is 0 Å². The summed E-state index contributed by atoms with van der Waals surface area (Å²) in [5, 5.41) is 9.79. The van der Waals surface area contributed by atoms with E-state index in [9.17, 15) is 19.3 Å². The zero-order valence-electron chi connectivity index (χ0n) is 11.7. The number of rotatable bonds is 4. The molecule has 2 radical (unpaired) electrons. The van der Waals surface area contributed by atoms with E-state index >= 15 is 0 Å². The first-order valence-corrected chi connectivity index (χ1v) is 7.56. The fourth-order valence-electron chi connectivity index (χ4n) is 2.01. The monoisotopic (exact) mass is 362 g/mol. The number of aliphatic hydroxyl groups excluding tert-OH is 1. The molecule has 12 heteroatoms. The van der Waals surface area contributed by atoms with E-state index < -0.39 is 44.1 Å². The first kappa shape index (κ1) is 20.0. The largest absolute Gasteiger partial charge is 0.469 e. The molecule has 10 nitrogen and oxygen atoms in total. The predicted octanol–water partition coefficient (Wildman–Crippen LogP) is -1.78. The molecule has 0 saturated carbocycles. The molecule has 0 aliphatic carbocycles. The van der Waals surface area contributed by atoms with Gasteiger partial charge in [0.1, 0.15) is 12.3 Å². The molecule has 1 aromatic heterocycles. The smallest absolute Gasteiger partial charge is 0.390 e. The van der Waals surface area contributed by atoms with Crippen LogP contribution in [0.5, 0.6) is 0 Å².